The molecule has 1 heterocycles. The Morgan fingerprint density at radius 2 is 1.88 bits per heavy atom. The zero-order chi connectivity index (χ0) is 17.9. The molecule has 0 unspecified atom stereocenters. The molecule has 0 aliphatic heterocycles. The number of hydrogen-bond donors (Lipinski definition) is 1. The quantitative estimate of drug-likeness (QED) is 0.471. The molecule has 0 aliphatic carbocycles. The molecule has 1 N–H and O–H groups in total. The smallest absolute Gasteiger partial charge is 0.349 e. The standard InChI is InChI=1S/C14H10Cl2N2O5S/c1-7(13(19)17-10-5-8(15)4-9(16)6-10)23-14(20)11-2-3-12(24-11)18(21)22/h2-7H,1H3,(H,17,19)/t7-/m0/s1. The molecule has 0 radical (unpaired) electrons. The van der Waals surface area contributed by atoms with Crippen molar-refractivity contribution in [3.63, 3.8) is 0 Å². The minimum atomic E-state index is -1.11. The average Bonchev–Trinajstić information content (AvgIpc) is 2.96. The second kappa shape index (κ2) is 7.61. The maximum atomic E-state index is 12.0. The summed E-state index contributed by atoms with van der Waals surface area (Å²) >= 11 is 12.3. The Labute approximate surface area is 150 Å². The molecule has 1 aromatic carbocycles. The zero-order valence-corrected chi connectivity index (χ0v) is 14.4. The van der Waals surface area contributed by atoms with E-state index >= 15 is 0 Å². The van der Waals surface area contributed by atoms with Crippen molar-refractivity contribution in [2.75, 3.05) is 5.32 Å². The lowest BCUT2D eigenvalue weighted by molar-refractivity contribution is -0.380. The number of halogens is 2. The summed E-state index contributed by atoms with van der Waals surface area (Å²) in [6.07, 6.45) is -1.11. The number of benzene rings is 1. The summed E-state index contributed by atoms with van der Waals surface area (Å²) in [4.78, 5) is 34.0. The number of nitro groups is 1. The minimum absolute atomic E-state index is 0.0344. The van der Waals surface area contributed by atoms with E-state index in [1.807, 2.05) is 0 Å². The number of nitrogens with one attached hydrogen (secondary N) is 1. The lowest BCUT2D eigenvalue weighted by Crippen LogP contribution is -2.29. The van der Waals surface area contributed by atoms with E-state index in [1.54, 1.807) is 0 Å². The van der Waals surface area contributed by atoms with Crippen LogP contribution in [0.5, 0.6) is 0 Å². The predicted molar refractivity (Wildman–Crippen MR) is 90.9 cm³/mol. The van der Waals surface area contributed by atoms with Crippen molar-refractivity contribution < 1.29 is 19.2 Å². The van der Waals surface area contributed by atoms with Crippen molar-refractivity contribution in [1.29, 1.82) is 0 Å². The van der Waals surface area contributed by atoms with Gasteiger partial charge < -0.3 is 10.1 Å². The number of carbonyl (C=O) groups is 2. The number of ether oxygens (including phenoxy) is 1. The first kappa shape index (κ1) is 18.2. The van der Waals surface area contributed by atoms with Crippen LogP contribution < -0.4 is 5.32 Å². The van der Waals surface area contributed by atoms with E-state index in [0.29, 0.717) is 27.1 Å². The fourth-order valence-corrected chi connectivity index (χ4v) is 2.91. The van der Waals surface area contributed by atoms with Gasteiger partial charge in [-0.15, -0.1) is 0 Å². The third kappa shape index (κ3) is 4.67. The molecule has 10 heteroatoms. The van der Waals surface area contributed by atoms with Crippen LogP contribution in [0.3, 0.4) is 0 Å². The predicted octanol–water partition coefficient (Wildman–Crippen LogP) is 4.15. The van der Waals surface area contributed by atoms with Crippen molar-refractivity contribution in [1.82, 2.24) is 0 Å². The molecule has 0 aliphatic rings. The lowest BCUT2D eigenvalue weighted by Gasteiger charge is -2.13. The Bertz CT molecular complexity index is 788. The van der Waals surface area contributed by atoms with Crippen LogP contribution in [0.2, 0.25) is 10.0 Å². The topological polar surface area (TPSA) is 98.5 Å². The molecule has 2 aromatic rings. The van der Waals surface area contributed by atoms with Gasteiger partial charge in [-0.3, -0.25) is 14.9 Å². The summed E-state index contributed by atoms with van der Waals surface area (Å²) < 4.78 is 4.99. The molecule has 7 nitrogen and oxygen atoms in total. The SMILES string of the molecule is C[C@H](OC(=O)c1ccc([N+](=O)[O-])s1)C(=O)Nc1cc(Cl)cc(Cl)c1. The van der Waals surface area contributed by atoms with Gasteiger partial charge in [-0.2, -0.15) is 0 Å². The van der Waals surface area contributed by atoms with Crippen molar-refractivity contribution in [3.05, 3.63) is 55.4 Å². The number of thiophene rings is 1. The minimum Gasteiger partial charge on any atom is -0.448 e. The van der Waals surface area contributed by atoms with E-state index in [9.17, 15) is 19.7 Å². The van der Waals surface area contributed by atoms with Crippen LogP contribution in [0.15, 0.2) is 30.3 Å². The normalized spacial score (nSPS) is 11.6. The summed E-state index contributed by atoms with van der Waals surface area (Å²) in [6, 6.07) is 6.95. The van der Waals surface area contributed by atoms with Crippen LogP contribution in [0.1, 0.15) is 16.6 Å². The Morgan fingerprint density at radius 1 is 1.25 bits per heavy atom. The summed E-state index contributed by atoms with van der Waals surface area (Å²) in [7, 11) is 0. The van der Waals surface area contributed by atoms with Crippen molar-refractivity contribution in [3.8, 4) is 0 Å². The molecular formula is C14H10Cl2N2O5S. The van der Waals surface area contributed by atoms with Gasteiger partial charge in [0.05, 0.1) is 4.92 Å². The third-order valence-electron chi connectivity index (χ3n) is 2.76. The highest BCUT2D eigenvalue weighted by atomic mass is 35.5. The van der Waals surface area contributed by atoms with Crippen LogP contribution in [-0.4, -0.2) is 22.9 Å². The van der Waals surface area contributed by atoms with E-state index in [1.165, 1.54) is 37.3 Å². The fraction of sp³-hybridized carbons (Fsp3) is 0.143. The molecule has 0 fully saturated rings. The first-order valence-corrected chi connectivity index (χ1v) is 8.05. The van der Waals surface area contributed by atoms with Crippen molar-refractivity contribution >= 4 is 57.1 Å². The maximum absolute atomic E-state index is 12.0. The summed E-state index contributed by atoms with van der Waals surface area (Å²) in [5, 5.41) is 13.6. The number of anilines is 1. The Hall–Kier alpha value is -2.16. The molecule has 126 valence electrons. The monoisotopic (exact) mass is 388 g/mol. The van der Waals surface area contributed by atoms with Crippen LogP contribution in [-0.2, 0) is 9.53 Å². The molecule has 0 bridgehead atoms. The van der Waals surface area contributed by atoms with E-state index in [4.69, 9.17) is 27.9 Å². The Balaban J connectivity index is 1.99. The van der Waals surface area contributed by atoms with Gasteiger partial charge >= 0.3 is 11.0 Å². The fourth-order valence-electron chi connectivity index (χ4n) is 1.68. The van der Waals surface area contributed by atoms with E-state index in [-0.39, 0.29) is 9.88 Å². The molecule has 0 saturated heterocycles. The van der Waals surface area contributed by atoms with Gasteiger partial charge in [0.2, 0.25) is 0 Å². The molecular weight excluding hydrogens is 379 g/mol. The second-order valence-corrected chi connectivity index (χ2v) is 6.53. The lowest BCUT2D eigenvalue weighted by atomic mass is 10.3. The van der Waals surface area contributed by atoms with E-state index in [2.05, 4.69) is 5.32 Å². The molecule has 1 atom stereocenters. The van der Waals surface area contributed by atoms with Crippen LogP contribution in [0.25, 0.3) is 0 Å². The van der Waals surface area contributed by atoms with Crippen LogP contribution in [0, 0.1) is 10.1 Å². The summed E-state index contributed by atoms with van der Waals surface area (Å²) in [6.45, 7) is 1.38. The number of esters is 1. The van der Waals surface area contributed by atoms with Gasteiger partial charge in [0.25, 0.3) is 5.91 Å². The van der Waals surface area contributed by atoms with Gasteiger partial charge in [-0.25, -0.2) is 4.79 Å². The Morgan fingerprint density at radius 3 is 2.42 bits per heavy atom. The third-order valence-corrected chi connectivity index (χ3v) is 4.21. The summed E-state index contributed by atoms with van der Waals surface area (Å²) in [5.74, 6) is -1.41. The van der Waals surface area contributed by atoms with Gasteiger partial charge in [-0.1, -0.05) is 34.5 Å². The van der Waals surface area contributed by atoms with E-state index < -0.39 is 22.9 Å². The number of rotatable bonds is 5. The van der Waals surface area contributed by atoms with Gasteiger partial charge in [0.1, 0.15) is 4.88 Å². The summed E-state index contributed by atoms with van der Waals surface area (Å²) in [5.41, 5.74) is 0.354. The van der Waals surface area contributed by atoms with Crippen LogP contribution in [0.4, 0.5) is 10.7 Å². The maximum Gasteiger partial charge on any atom is 0.349 e. The average molecular weight is 389 g/mol. The highest BCUT2D eigenvalue weighted by Gasteiger charge is 2.22. The molecule has 2 rings (SSSR count). The highest BCUT2D eigenvalue weighted by molar-refractivity contribution is 7.17. The first-order valence-electron chi connectivity index (χ1n) is 6.48. The van der Waals surface area contributed by atoms with Crippen molar-refractivity contribution in [2.45, 2.75) is 13.0 Å². The second-order valence-electron chi connectivity index (χ2n) is 4.59. The molecule has 0 saturated carbocycles. The van der Waals surface area contributed by atoms with Gasteiger partial charge in [0.15, 0.2) is 6.10 Å². The number of amides is 1. The molecule has 1 amide bonds. The molecule has 1 aromatic heterocycles. The van der Waals surface area contributed by atoms with Gasteiger partial charge in [0, 0.05) is 21.8 Å². The number of nitrogens with zero attached hydrogens (tertiary/aromatic N) is 1. The first-order chi connectivity index (χ1) is 11.3. The number of hydrogen-bond acceptors (Lipinski definition) is 6. The highest BCUT2D eigenvalue weighted by Crippen LogP contribution is 2.25. The van der Waals surface area contributed by atoms with Gasteiger partial charge in [-0.05, 0) is 31.2 Å². The molecule has 0 spiro atoms. The van der Waals surface area contributed by atoms with E-state index in [0.717, 1.165) is 0 Å². The largest absolute Gasteiger partial charge is 0.448 e. The Kier molecular flexibility index (Phi) is 5.76. The van der Waals surface area contributed by atoms with Crippen molar-refractivity contribution in [2.24, 2.45) is 0 Å². The molecule has 24 heavy (non-hydrogen) atoms. The van der Waals surface area contributed by atoms with Crippen LogP contribution >= 0.6 is 34.5 Å². The number of carbonyl (C=O) groups excluding carboxylic acids is 2. The zero-order valence-electron chi connectivity index (χ0n) is 12.1.